The first kappa shape index (κ1) is 17.8. The van der Waals surface area contributed by atoms with Crippen LogP contribution in [0.25, 0.3) is 0 Å². The van der Waals surface area contributed by atoms with Crippen LogP contribution in [0.2, 0.25) is 5.02 Å². The van der Waals surface area contributed by atoms with Crippen LogP contribution < -0.4 is 14.8 Å². The number of methoxy groups -OCH3 is 1. The van der Waals surface area contributed by atoms with Crippen LogP contribution in [0.5, 0.6) is 17.2 Å². The lowest BCUT2D eigenvalue weighted by atomic mass is 10.2. The van der Waals surface area contributed by atoms with E-state index in [9.17, 15) is 0 Å². The molecule has 5 heteroatoms. The van der Waals surface area contributed by atoms with Crippen molar-refractivity contribution in [2.24, 2.45) is 0 Å². The molecule has 0 aromatic heterocycles. The highest BCUT2D eigenvalue weighted by molar-refractivity contribution is 7.98. The summed E-state index contributed by atoms with van der Waals surface area (Å²) in [6.07, 6.45) is 4.30. The van der Waals surface area contributed by atoms with Crippen LogP contribution in [-0.2, 0) is 0 Å². The average Bonchev–Trinajstić information content (AvgIpc) is 2.57. The van der Waals surface area contributed by atoms with E-state index >= 15 is 0 Å². The predicted octanol–water partition coefficient (Wildman–Crippen LogP) is 6.07. The van der Waals surface area contributed by atoms with E-state index in [2.05, 4.69) is 12.2 Å². The van der Waals surface area contributed by atoms with Gasteiger partial charge in [-0.2, -0.15) is 0 Å². The van der Waals surface area contributed by atoms with Crippen molar-refractivity contribution in [3.63, 3.8) is 0 Å². The number of hydrogen-bond acceptors (Lipinski definition) is 4. The lowest BCUT2D eigenvalue weighted by molar-refractivity contribution is 0.412. The van der Waals surface area contributed by atoms with Gasteiger partial charge in [0.2, 0.25) is 0 Å². The van der Waals surface area contributed by atoms with E-state index in [4.69, 9.17) is 21.1 Å². The van der Waals surface area contributed by atoms with Crippen molar-refractivity contribution in [3.05, 3.63) is 41.4 Å². The lowest BCUT2D eigenvalue weighted by Crippen LogP contribution is -2.03. The first-order valence-electron chi connectivity index (χ1n) is 7.61. The predicted molar refractivity (Wildman–Crippen MR) is 99.7 cm³/mol. The highest BCUT2D eigenvalue weighted by Gasteiger charge is 2.13. The molecule has 0 saturated heterocycles. The fourth-order valence-electron chi connectivity index (χ4n) is 2.12. The average molecular weight is 352 g/mol. The third-order valence-corrected chi connectivity index (χ3v) is 4.45. The normalized spacial score (nSPS) is 10.4. The van der Waals surface area contributed by atoms with Crippen molar-refractivity contribution in [2.45, 2.75) is 24.7 Å². The van der Waals surface area contributed by atoms with Gasteiger partial charge in [-0.3, -0.25) is 0 Å². The number of ether oxygens (including phenoxy) is 2. The molecule has 0 atom stereocenters. The van der Waals surface area contributed by atoms with Gasteiger partial charge in [-0.15, -0.1) is 11.8 Å². The number of benzene rings is 2. The van der Waals surface area contributed by atoms with Crippen LogP contribution in [0.15, 0.2) is 41.3 Å². The molecule has 0 amide bonds. The molecule has 0 spiro atoms. The fraction of sp³-hybridized carbons (Fsp3) is 0.333. The number of anilines is 1. The minimum Gasteiger partial charge on any atom is -0.497 e. The zero-order chi connectivity index (χ0) is 16.7. The van der Waals surface area contributed by atoms with Gasteiger partial charge in [0.1, 0.15) is 11.5 Å². The van der Waals surface area contributed by atoms with Crippen molar-refractivity contribution < 1.29 is 9.47 Å². The Morgan fingerprint density at radius 3 is 2.70 bits per heavy atom. The zero-order valence-corrected chi connectivity index (χ0v) is 15.3. The van der Waals surface area contributed by atoms with E-state index in [0.717, 1.165) is 35.7 Å². The molecular formula is C18H22ClNO2S. The van der Waals surface area contributed by atoms with Gasteiger partial charge in [-0.1, -0.05) is 31.0 Å². The summed E-state index contributed by atoms with van der Waals surface area (Å²) < 4.78 is 11.3. The molecule has 1 N–H and O–H groups in total. The Labute approximate surface area is 147 Å². The van der Waals surface area contributed by atoms with Gasteiger partial charge in [0.05, 0.1) is 22.7 Å². The van der Waals surface area contributed by atoms with E-state index in [-0.39, 0.29) is 0 Å². The SMILES string of the molecule is CCCCNc1cccc(SC)c1Oc1ccc(OC)cc1Cl. The maximum atomic E-state index is 6.30. The summed E-state index contributed by atoms with van der Waals surface area (Å²) in [5, 5.41) is 3.97. The standard InChI is InChI=1S/C18H22ClNO2S/c1-4-5-11-20-15-7-6-8-17(23-3)18(15)22-16-10-9-13(21-2)12-14(16)19/h6-10,12,20H,4-5,11H2,1-3H3. The molecule has 0 radical (unpaired) electrons. The van der Waals surface area contributed by atoms with Gasteiger partial charge < -0.3 is 14.8 Å². The van der Waals surface area contributed by atoms with Crippen LogP contribution in [0.1, 0.15) is 19.8 Å². The molecule has 0 bridgehead atoms. The second-order valence-electron chi connectivity index (χ2n) is 5.02. The smallest absolute Gasteiger partial charge is 0.164 e. The molecule has 0 aliphatic carbocycles. The summed E-state index contributed by atoms with van der Waals surface area (Å²) in [5.41, 5.74) is 0.984. The third kappa shape index (κ3) is 4.72. The molecule has 2 aromatic carbocycles. The molecule has 23 heavy (non-hydrogen) atoms. The van der Waals surface area contributed by atoms with E-state index in [1.807, 2.05) is 36.6 Å². The molecule has 0 fully saturated rings. The Hall–Kier alpha value is -1.52. The maximum Gasteiger partial charge on any atom is 0.164 e. The molecule has 0 heterocycles. The number of unbranched alkanes of at least 4 members (excludes halogenated alkanes) is 1. The Morgan fingerprint density at radius 1 is 1.22 bits per heavy atom. The summed E-state index contributed by atoms with van der Waals surface area (Å²) in [6, 6.07) is 11.5. The van der Waals surface area contributed by atoms with Gasteiger partial charge in [0, 0.05) is 12.6 Å². The molecular weight excluding hydrogens is 330 g/mol. The lowest BCUT2D eigenvalue weighted by Gasteiger charge is -2.17. The molecule has 2 aromatic rings. The maximum absolute atomic E-state index is 6.30. The third-order valence-electron chi connectivity index (χ3n) is 3.40. The Bertz CT molecular complexity index is 649. The summed E-state index contributed by atoms with van der Waals surface area (Å²) in [6.45, 7) is 3.09. The van der Waals surface area contributed by atoms with Crippen molar-refractivity contribution >= 4 is 29.1 Å². The van der Waals surface area contributed by atoms with E-state index in [1.165, 1.54) is 0 Å². The van der Waals surface area contributed by atoms with Crippen molar-refractivity contribution in [1.29, 1.82) is 0 Å². The number of rotatable bonds is 8. The monoisotopic (exact) mass is 351 g/mol. The van der Waals surface area contributed by atoms with Crippen molar-refractivity contribution in [2.75, 3.05) is 25.2 Å². The second kappa shape index (κ2) is 8.94. The first-order valence-corrected chi connectivity index (χ1v) is 9.22. The molecule has 0 unspecified atom stereocenters. The molecule has 3 nitrogen and oxygen atoms in total. The van der Waals surface area contributed by atoms with Gasteiger partial charge in [0.15, 0.2) is 5.75 Å². The number of thioether (sulfide) groups is 1. The molecule has 0 aliphatic heterocycles. The number of nitrogens with one attached hydrogen (secondary N) is 1. The summed E-state index contributed by atoms with van der Waals surface area (Å²) in [7, 11) is 1.62. The minimum absolute atomic E-state index is 0.528. The fourth-order valence-corrected chi connectivity index (χ4v) is 2.88. The van der Waals surface area contributed by atoms with Gasteiger partial charge in [-0.05, 0) is 36.9 Å². The van der Waals surface area contributed by atoms with Crippen LogP contribution in [0.4, 0.5) is 5.69 Å². The number of hydrogen-bond donors (Lipinski definition) is 1. The Balaban J connectivity index is 2.29. The van der Waals surface area contributed by atoms with Crippen LogP contribution in [0, 0.1) is 0 Å². The number of halogens is 1. The Kier molecular flexibility index (Phi) is 6.93. The summed E-state index contributed by atoms with van der Waals surface area (Å²) >= 11 is 7.95. The first-order chi connectivity index (χ1) is 11.2. The summed E-state index contributed by atoms with van der Waals surface area (Å²) in [4.78, 5) is 1.07. The summed E-state index contributed by atoms with van der Waals surface area (Å²) in [5.74, 6) is 2.14. The van der Waals surface area contributed by atoms with Crippen molar-refractivity contribution in [3.8, 4) is 17.2 Å². The second-order valence-corrected chi connectivity index (χ2v) is 6.27. The van der Waals surface area contributed by atoms with Crippen LogP contribution in [-0.4, -0.2) is 19.9 Å². The highest BCUT2D eigenvalue weighted by Crippen LogP contribution is 2.40. The van der Waals surface area contributed by atoms with Gasteiger partial charge in [-0.25, -0.2) is 0 Å². The van der Waals surface area contributed by atoms with E-state index < -0.39 is 0 Å². The molecule has 124 valence electrons. The Morgan fingerprint density at radius 2 is 2.04 bits per heavy atom. The molecule has 2 rings (SSSR count). The minimum atomic E-state index is 0.528. The zero-order valence-electron chi connectivity index (χ0n) is 13.7. The number of para-hydroxylation sites is 1. The molecule has 0 saturated carbocycles. The topological polar surface area (TPSA) is 30.5 Å². The van der Waals surface area contributed by atoms with Gasteiger partial charge >= 0.3 is 0 Å². The van der Waals surface area contributed by atoms with E-state index in [1.54, 1.807) is 24.9 Å². The van der Waals surface area contributed by atoms with Crippen LogP contribution in [0.3, 0.4) is 0 Å². The highest BCUT2D eigenvalue weighted by atomic mass is 35.5. The largest absolute Gasteiger partial charge is 0.497 e. The van der Waals surface area contributed by atoms with Gasteiger partial charge in [0.25, 0.3) is 0 Å². The quantitative estimate of drug-likeness (QED) is 0.461. The van der Waals surface area contributed by atoms with Crippen molar-refractivity contribution in [1.82, 2.24) is 0 Å². The van der Waals surface area contributed by atoms with E-state index in [0.29, 0.717) is 16.5 Å². The molecule has 0 aliphatic rings. The van der Waals surface area contributed by atoms with Crippen LogP contribution >= 0.6 is 23.4 Å².